The summed E-state index contributed by atoms with van der Waals surface area (Å²) in [4.78, 5) is 13.0. The van der Waals surface area contributed by atoms with Crippen LogP contribution in [-0.4, -0.2) is 23.4 Å². The lowest BCUT2D eigenvalue weighted by atomic mass is 10.1. The van der Waals surface area contributed by atoms with E-state index in [-0.39, 0.29) is 28.5 Å². The summed E-state index contributed by atoms with van der Waals surface area (Å²) >= 11 is 3.95. The molecule has 0 saturated carbocycles. The summed E-state index contributed by atoms with van der Waals surface area (Å²) in [5, 5.41) is 2.45. The van der Waals surface area contributed by atoms with Crippen LogP contribution in [0.4, 0.5) is 24.7 Å². The fraction of sp³-hybridized carbons (Fsp3) is 0.0870. The summed E-state index contributed by atoms with van der Waals surface area (Å²) < 4.78 is 74.9. The van der Waals surface area contributed by atoms with Crippen molar-refractivity contribution < 1.29 is 26.7 Å². The molecule has 0 aliphatic heterocycles. The van der Waals surface area contributed by atoms with Crippen LogP contribution in [0.5, 0.6) is 0 Å². The van der Waals surface area contributed by atoms with Gasteiger partial charge in [0.05, 0.1) is 34.2 Å². The van der Waals surface area contributed by atoms with Gasteiger partial charge in [0.25, 0.3) is 5.91 Å². The Labute approximate surface area is 215 Å². The SMILES string of the molecule is O=C(NCc1c(F)cc(F)cc1F)c1ccc(Cl)cc1N(c1nsnc1Cc1ccccc1)S(=O)[O-]. The van der Waals surface area contributed by atoms with E-state index in [1.807, 2.05) is 30.3 Å². The van der Waals surface area contributed by atoms with E-state index in [9.17, 15) is 26.7 Å². The fourth-order valence-electron chi connectivity index (χ4n) is 3.39. The smallest absolute Gasteiger partial charge is 0.253 e. The molecule has 0 fully saturated rings. The minimum absolute atomic E-state index is 0.0240. The number of hydrogen-bond donors (Lipinski definition) is 1. The van der Waals surface area contributed by atoms with Crippen molar-refractivity contribution >= 4 is 52.0 Å². The maximum atomic E-state index is 14.0. The van der Waals surface area contributed by atoms with Crippen LogP contribution in [0.1, 0.15) is 27.2 Å². The van der Waals surface area contributed by atoms with Crippen LogP contribution in [0, 0.1) is 17.5 Å². The van der Waals surface area contributed by atoms with Crippen LogP contribution in [0.2, 0.25) is 5.02 Å². The van der Waals surface area contributed by atoms with Crippen LogP contribution in [-0.2, 0) is 24.2 Å². The standard InChI is InChI=1S/C23H16ClF3N4O3S2/c24-14-6-7-16(23(32)28-12-17-18(26)10-15(25)11-19(17)27)21(9-14)31(36(33)34)22-20(29-35-30-22)8-13-4-2-1-3-5-13/h1-7,9-11H,8,12H2,(H,28,32)(H,33,34)/p-1. The number of aromatic nitrogens is 2. The van der Waals surface area contributed by atoms with Crippen molar-refractivity contribution in [3.8, 4) is 0 Å². The number of anilines is 2. The Morgan fingerprint density at radius 1 is 1.06 bits per heavy atom. The molecular weight excluding hydrogens is 537 g/mol. The highest BCUT2D eigenvalue weighted by atomic mass is 35.5. The van der Waals surface area contributed by atoms with Gasteiger partial charge in [0.2, 0.25) is 0 Å². The maximum absolute atomic E-state index is 14.0. The van der Waals surface area contributed by atoms with E-state index in [0.29, 0.717) is 17.8 Å². The third-order valence-corrected chi connectivity index (χ3v) is 6.51. The highest BCUT2D eigenvalue weighted by Gasteiger charge is 2.25. The van der Waals surface area contributed by atoms with E-state index < -0.39 is 46.7 Å². The summed E-state index contributed by atoms with van der Waals surface area (Å²) in [6.07, 6.45) is 0.269. The molecule has 1 amide bonds. The molecule has 0 saturated heterocycles. The number of hydrogen-bond acceptors (Lipinski definition) is 6. The van der Waals surface area contributed by atoms with Crippen molar-refractivity contribution in [1.82, 2.24) is 14.1 Å². The van der Waals surface area contributed by atoms with Gasteiger partial charge in [-0.15, -0.1) is 0 Å². The molecule has 1 unspecified atom stereocenters. The summed E-state index contributed by atoms with van der Waals surface area (Å²) in [7, 11) is 0. The molecule has 7 nitrogen and oxygen atoms in total. The van der Waals surface area contributed by atoms with Gasteiger partial charge < -0.3 is 9.87 Å². The van der Waals surface area contributed by atoms with Crippen LogP contribution in [0.15, 0.2) is 60.7 Å². The molecule has 3 aromatic carbocycles. The first-order valence-electron chi connectivity index (χ1n) is 10.2. The van der Waals surface area contributed by atoms with E-state index in [4.69, 9.17) is 11.6 Å². The maximum Gasteiger partial charge on any atom is 0.253 e. The monoisotopic (exact) mass is 551 g/mol. The Balaban J connectivity index is 1.68. The van der Waals surface area contributed by atoms with E-state index in [0.717, 1.165) is 21.6 Å². The van der Waals surface area contributed by atoms with Crippen LogP contribution < -0.4 is 9.62 Å². The zero-order valence-corrected chi connectivity index (χ0v) is 20.5. The average Bonchev–Trinajstić information content (AvgIpc) is 3.26. The minimum atomic E-state index is -2.95. The van der Waals surface area contributed by atoms with E-state index >= 15 is 0 Å². The molecule has 36 heavy (non-hydrogen) atoms. The van der Waals surface area contributed by atoms with Crippen LogP contribution in [0.3, 0.4) is 0 Å². The van der Waals surface area contributed by atoms with Crippen molar-refractivity contribution in [2.75, 3.05) is 4.31 Å². The topological polar surface area (TPSA) is 98.2 Å². The molecular formula is C23H15ClF3N4O3S2-. The molecule has 1 heterocycles. The number of carbonyl (C=O) groups is 1. The third kappa shape index (κ3) is 5.73. The van der Waals surface area contributed by atoms with Gasteiger partial charge in [0, 0.05) is 35.7 Å². The van der Waals surface area contributed by atoms with Gasteiger partial charge in [-0.05, 0) is 23.8 Å². The minimum Gasteiger partial charge on any atom is -0.755 e. The second kappa shape index (κ2) is 11.2. The van der Waals surface area contributed by atoms with Crippen LogP contribution >= 0.6 is 23.3 Å². The molecule has 13 heteroatoms. The number of carbonyl (C=O) groups excluding carboxylic acids is 1. The number of rotatable bonds is 8. The first-order valence-corrected chi connectivity index (χ1v) is 12.3. The molecule has 0 aliphatic rings. The average molecular weight is 552 g/mol. The van der Waals surface area contributed by atoms with Crippen molar-refractivity contribution in [3.05, 3.63) is 106 Å². The molecule has 0 spiro atoms. The van der Waals surface area contributed by atoms with Crippen molar-refractivity contribution in [3.63, 3.8) is 0 Å². The fourth-order valence-corrected chi connectivity index (χ4v) is 4.76. The van der Waals surface area contributed by atoms with E-state index in [2.05, 4.69) is 14.1 Å². The Morgan fingerprint density at radius 3 is 2.42 bits per heavy atom. The molecule has 1 atom stereocenters. The molecule has 4 aromatic rings. The first-order chi connectivity index (χ1) is 17.2. The number of nitrogens with one attached hydrogen (secondary N) is 1. The second-order valence-corrected chi connectivity index (χ2v) is 9.16. The number of amides is 1. The van der Waals surface area contributed by atoms with Crippen LogP contribution in [0.25, 0.3) is 0 Å². The van der Waals surface area contributed by atoms with Gasteiger partial charge in [-0.1, -0.05) is 41.9 Å². The van der Waals surface area contributed by atoms with E-state index in [1.54, 1.807) is 0 Å². The predicted octanol–water partition coefficient (Wildman–Crippen LogP) is 5.06. The molecule has 186 valence electrons. The second-order valence-electron chi connectivity index (χ2n) is 7.40. The lowest BCUT2D eigenvalue weighted by Crippen LogP contribution is -2.28. The molecule has 1 aromatic heterocycles. The predicted molar refractivity (Wildman–Crippen MR) is 129 cm³/mol. The van der Waals surface area contributed by atoms with Gasteiger partial charge >= 0.3 is 0 Å². The highest BCUT2D eigenvalue weighted by molar-refractivity contribution is 7.81. The van der Waals surface area contributed by atoms with Gasteiger partial charge in [-0.2, -0.15) is 8.75 Å². The molecule has 0 radical (unpaired) electrons. The zero-order chi connectivity index (χ0) is 25.8. The summed E-state index contributed by atoms with van der Waals surface area (Å²) in [6.45, 7) is -0.614. The Bertz CT molecular complexity index is 1420. The van der Waals surface area contributed by atoms with Gasteiger partial charge in [0.1, 0.15) is 23.1 Å². The molecule has 4 rings (SSSR count). The normalized spacial score (nSPS) is 11.8. The van der Waals surface area contributed by atoms with Crippen molar-refractivity contribution in [2.24, 2.45) is 0 Å². The van der Waals surface area contributed by atoms with Gasteiger partial charge in [0.15, 0.2) is 5.82 Å². The Morgan fingerprint density at radius 2 is 1.75 bits per heavy atom. The summed E-state index contributed by atoms with van der Waals surface area (Å²) in [5.74, 6) is -4.33. The molecule has 0 bridgehead atoms. The first kappa shape index (κ1) is 25.8. The third-order valence-electron chi connectivity index (χ3n) is 5.05. The molecule has 1 N–H and O–H groups in total. The molecule has 0 aliphatic carbocycles. The van der Waals surface area contributed by atoms with Gasteiger partial charge in [-0.25, -0.2) is 13.2 Å². The van der Waals surface area contributed by atoms with E-state index in [1.165, 1.54) is 18.2 Å². The largest absolute Gasteiger partial charge is 0.755 e. The zero-order valence-electron chi connectivity index (χ0n) is 18.1. The highest BCUT2D eigenvalue weighted by Crippen LogP contribution is 2.34. The number of nitrogens with zero attached hydrogens (tertiary/aromatic N) is 3. The number of benzene rings is 3. The number of halogens is 4. The summed E-state index contributed by atoms with van der Waals surface area (Å²) in [6, 6.07) is 14.0. The Hall–Kier alpha value is -3.32. The lowest BCUT2D eigenvalue weighted by molar-refractivity contribution is 0.0951. The Kier molecular flexibility index (Phi) is 7.99. The lowest BCUT2D eigenvalue weighted by Gasteiger charge is -2.27. The van der Waals surface area contributed by atoms with Gasteiger partial charge in [-0.3, -0.25) is 13.3 Å². The van der Waals surface area contributed by atoms with Crippen molar-refractivity contribution in [2.45, 2.75) is 13.0 Å². The quantitative estimate of drug-likeness (QED) is 0.309. The van der Waals surface area contributed by atoms with Crippen molar-refractivity contribution in [1.29, 1.82) is 0 Å². The summed E-state index contributed by atoms with van der Waals surface area (Å²) in [5.41, 5.74) is 0.339.